The van der Waals surface area contributed by atoms with E-state index >= 15 is 0 Å². The van der Waals surface area contributed by atoms with Crippen LogP contribution in [0.4, 0.5) is 0 Å². The van der Waals surface area contributed by atoms with Crippen molar-refractivity contribution in [2.75, 3.05) is 26.7 Å². The maximum Gasteiger partial charge on any atom is 0.289 e. The number of nitrogens with zero attached hydrogens (tertiary/aromatic N) is 2. The maximum absolute atomic E-state index is 12.5. The molecule has 0 radical (unpaired) electrons. The highest BCUT2D eigenvalue weighted by atomic mass is 16.5. The van der Waals surface area contributed by atoms with Crippen LogP contribution in [-0.4, -0.2) is 48.3 Å². The molecule has 152 valence electrons. The van der Waals surface area contributed by atoms with E-state index in [1.807, 2.05) is 56.3 Å². The lowest BCUT2D eigenvalue weighted by atomic mass is 10.1. The molecule has 0 aliphatic rings. The van der Waals surface area contributed by atoms with Crippen molar-refractivity contribution in [2.45, 2.75) is 20.5 Å². The predicted octanol–water partition coefficient (Wildman–Crippen LogP) is 3.95. The summed E-state index contributed by atoms with van der Waals surface area (Å²) in [5.41, 5.74) is 0. The average molecular weight is 394 g/mol. The van der Waals surface area contributed by atoms with E-state index in [0.29, 0.717) is 18.8 Å². The minimum absolute atomic E-state index is 0.0180. The molecule has 0 saturated carbocycles. The number of fused-ring (bicyclic) bond motifs is 1. The molecule has 29 heavy (non-hydrogen) atoms. The smallest absolute Gasteiger partial charge is 0.289 e. The Kier molecular flexibility index (Phi) is 6.54. The molecular formula is C23H26N2O4. The van der Waals surface area contributed by atoms with Crippen LogP contribution in [0.1, 0.15) is 30.2 Å². The lowest BCUT2D eigenvalue weighted by Gasteiger charge is -2.22. The summed E-state index contributed by atoms with van der Waals surface area (Å²) in [5, 5.41) is 2.24. The SMILES string of the molecule is CCN(CC)C(=O)CN(C)C(=O)c1ccc(COc2ccc3ccccc3c2)o1. The molecule has 6 heteroatoms. The number of hydrogen-bond acceptors (Lipinski definition) is 4. The first-order valence-electron chi connectivity index (χ1n) is 9.75. The molecule has 0 unspecified atom stereocenters. The van der Waals surface area contributed by atoms with Crippen molar-refractivity contribution in [3.05, 3.63) is 66.1 Å². The highest BCUT2D eigenvalue weighted by Gasteiger charge is 2.20. The fraction of sp³-hybridized carbons (Fsp3) is 0.304. The molecule has 0 aliphatic heterocycles. The second kappa shape index (κ2) is 9.28. The van der Waals surface area contributed by atoms with Crippen molar-refractivity contribution in [3.8, 4) is 5.75 Å². The molecule has 0 fully saturated rings. The highest BCUT2D eigenvalue weighted by Crippen LogP contribution is 2.22. The number of hydrogen-bond donors (Lipinski definition) is 0. The number of rotatable bonds is 8. The van der Waals surface area contributed by atoms with Crippen LogP contribution in [0.5, 0.6) is 5.75 Å². The minimum Gasteiger partial charge on any atom is -0.486 e. The van der Waals surface area contributed by atoms with Crippen molar-refractivity contribution in [1.82, 2.24) is 9.80 Å². The van der Waals surface area contributed by atoms with Gasteiger partial charge in [0.2, 0.25) is 5.91 Å². The van der Waals surface area contributed by atoms with E-state index in [0.717, 1.165) is 16.5 Å². The molecule has 0 saturated heterocycles. The molecule has 1 aromatic heterocycles. The van der Waals surface area contributed by atoms with Gasteiger partial charge in [0.15, 0.2) is 5.76 Å². The maximum atomic E-state index is 12.5. The van der Waals surface area contributed by atoms with Gasteiger partial charge < -0.3 is 19.0 Å². The van der Waals surface area contributed by atoms with Gasteiger partial charge in [0.25, 0.3) is 5.91 Å². The molecule has 0 atom stereocenters. The number of likely N-dealkylation sites (N-methyl/N-ethyl adjacent to an activating group) is 2. The number of carbonyl (C=O) groups is 2. The van der Waals surface area contributed by atoms with Gasteiger partial charge in [-0.25, -0.2) is 0 Å². The molecule has 3 rings (SSSR count). The van der Waals surface area contributed by atoms with E-state index < -0.39 is 0 Å². The molecule has 0 bridgehead atoms. The molecular weight excluding hydrogens is 368 g/mol. The third kappa shape index (κ3) is 4.96. The van der Waals surface area contributed by atoms with Gasteiger partial charge in [-0.15, -0.1) is 0 Å². The molecule has 1 heterocycles. The lowest BCUT2D eigenvalue weighted by Crippen LogP contribution is -2.40. The topological polar surface area (TPSA) is 63.0 Å². The lowest BCUT2D eigenvalue weighted by molar-refractivity contribution is -0.131. The Balaban J connectivity index is 1.59. The first kappa shape index (κ1) is 20.5. The van der Waals surface area contributed by atoms with E-state index in [9.17, 15) is 9.59 Å². The summed E-state index contributed by atoms with van der Waals surface area (Å²) in [6.07, 6.45) is 0. The Bertz CT molecular complexity index is 991. The largest absolute Gasteiger partial charge is 0.486 e. The molecule has 0 aliphatic carbocycles. The first-order valence-corrected chi connectivity index (χ1v) is 9.75. The zero-order valence-electron chi connectivity index (χ0n) is 17.1. The quantitative estimate of drug-likeness (QED) is 0.580. The standard InChI is InChI=1S/C23H26N2O4/c1-4-25(5-2)22(26)15-24(3)23(27)21-13-12-20(29-21)16-28-19-11-10-17-8-6-7-9-18(17)14-19/h6-14H,4-5,15-16H2,1-3H3. The zero-order valence-corrected chi connectivity index (χ0v) is 17.1. The van der Waals surface area contributed by atoms with Crippen LogP contribution < -0.4 is 4.74 Å². The van der Waals surface area contributed by atoms with Gasteiger partial charge in [-0.3, -0.25) is 9.59 Å². The summed E-state index contributed by atoms with van der Waals surface area (Å²) >= 11 is 0. The third-order valence-corrected chi connectivity index (χ3v) is 4.81. The van der Waals surface area contributed by atoms with Crippen LogP contribution in [0, 0.1) is 0 Å². The zero-order chi connectivity index (χ0) is 20.8. The second-order valence-electron chi connectivity index (χ2n) is 6.79. The number of carbonyl (C=O) groups excluding carboxylic acids is 2. The summed E-state index contributed by atoms with van der Waals surface area (Å²) in [7, 11) is 1.59. The van der Waals surface area contributed by atoms with Crippen molar-refractivity contribution < 1.29 is 18.7 Å². The number of furan rings is 1. The van der Waals surface area contributed by atoms with Gasteiger partial charge in [-0.2, -0.15) is 0 Å². The van der Waals surface area contributed by atoms with E-state index in [2.05, 4.69) is 0 Å². The normalized spacial score (nSPS) is 10.7. The van der Waals surface area contributed by atoms with Crippen molar-refractivity contribution in [1.29, 1.82) is 0 Å². The summed E-state index contributed by atoms with van der Waals surface area (Å²) in [6, 6.07) is 17.3. The molecule has 0 N–H and O–H groups in total. The van der Waals surface area contributed by atoms with Crippen LogP contribution in [-0.2, 0) is 11.4 Å². The monoisotopic (exact) mass is 394 g/mol. The Hall–Kier alpha value is -3.28. The van der Waals surface area contributed by atoms with E-state index in [-0.39, 0.29) is 30.7 Å². The highest BCUT2D eigenvalue weighted by molar-refractivity contribution is 5.94. The number of ether oxygens (including phenoxy) is 1. The van der Waals surface area contributed by atoms with Gasteiger partial charge >= 0.3 is 0 Å². The molecule has 2 aromatic carbocycles. The van der Waals surface area contributed by atoms with Gasteiger partial charge in [-0.05, 0) is 48.9 Å². The molecule has 6 nitrogen and oxygen atoms in total. The summed E-state index contributed by atoms with van der Waals surface area (Å²) < 4.78 is 11.4. The Morgan fingerprint density at radius 3 is 2.41 bits per heavy atom. The minimum atomic E-state index is -0.331. The van der Waals surface area contributed by atoms with Crippen LogP contribution in [0.25, 0.3) is 10.8 Å². The fourth-order valence-corrected chi connectivity index (χ4v) is 3.12. The van der Waals surface area contributed by atoms with E-state index in [1.165, 1.54) is 4.90 Å². The number of amides is 2. The fourth-order valence-electron chi connectivity index (χ4n) is 3.12. The van der Waals surface area contributed by atoms with Crippen molar-refractivity contribution in [3.63, 3.8) is 0 Å². The van der Waals surface area contributed by atoms with Crippen molar-refractivity contribution in [2.24, 2.45) is 0 Å². The van der Waals surface area contributed by atoms with Crippen molar-refractivity contribution >= 4 is 22.6 Å². The Morgan fingerprint density at radius 2 is 1.69 bits per heavy atom. The molecule has 2 amide bonds. The Morgan fingerprint density at radius 1 is 0.966 bits per heavy atom. The van der Waals surface area contributed by atoms with Crippen LogP contribution in [0.15, 0.2) is 59.0 Å². The van der Waals surface area contributed by atoms with Crippen LogP contribution in [0.3, 0.4) is 0 Å². The average Bonchev–Trinajstić information content (AvgIpc) is 3.21. The molecule has 0 spiro atoms. The van der Waals surface area contributed by atoms with Gasteiger partial charge in [0, 0.05) is 20.1 Å². The van der Waals surface area contributed by atoms with Crippen LogP contribution in [0.2, 0.25) is 0 Å². The van der Waals surface area contributed by atoms with Gasteiger partial charge in [0.05, 0.1) is 6.54 Å². The second-order valence-corrected chi connectivity index (χ2v) is 6.79. The van der Waals surface area contributed by atoms with E-state index in [4.69, 9.17) is 9.15 Å². The first-order chi connectivity index (χ1) is 14.0. The summed E-state index contributed by atoms with van der Waals surface area (Å²) in [5.74, 6) is 1.05. The third-order valence-electron chi connectivity index (χ3n) is 4.81. The Labute approximate surface area is 170 Å². The summed E-state index contributed by atoms with van der Waals surface area (Å²) in [6.45, 7) is 5.30. The van der Waals surface area contributed by atoms with Crippen LogP contribution >= 0.6 is 0 Å². The van der Waals surface area contributed by atoms with Gasteiger partial charge in [0.1, 0.15) is 18.1 Å². The predicted molar refractivity (Wildman–Crippen MR) is 112 cm³/mol. The summed E-state index contributed by atoms with van der Waals surface area (Å²) in [4.78, 5) is 27.8. The van der Waals surface area contributed by atoms with E-state index in [1.54, 1.807) is 24.1 Å². The number of benzene rings is 2. The van der Waals surface area contributed by atoms with Gasteiger partial charge in [-0.1, -0.05) is 30.3 Å². The molecule has 3 aromatic rings.